The molecule has 2 N–H and O–H groups in total. The van der Waals surface area contributed by atoms with Crippen LogP contribution in [0.3, 0.4) is 0 Å². The van der Waals surface area contributed by atoms with Crippen molar-refractivity contribution in [1.82, 2.24) is 4.90 Å². The van der Waals surface area contributed by atoms with Crippen LogP contribution in [0.2, 0.25) is 0 Å². The largest absolute Gasteiger partial charge is 0.496 e. The van der Waals surface area contributed by atoms with Crippen LogP contribution >= 0.6 is 0 Å². The summed E-state index contributed by atoms with van der Waals surface area (Å²) in [4.78, 5) is 2.10. The van der Waals surface area contributed by atoms with Crippen molar-refractivity contribution in [3.8, 4) is 5.75 Å². The monoisotopic (exact) mass is 222 g/mol. The first kappa shape index (κ1) is 13.0. The van der Waals surface area contributed by atoms with E-state index in [1.807, 2.05) is 20.2 Å². The van der Waals surface area contributed by atoms with Crippen molar-refractivity contribution in [2.24, 2.45) is 5.73 Å². The first-order valence-corrected chi connectivity index (χ1v) is 5.51. The van der Waals surface area contributed by atoms with E-state index in [0.29, 0.717) is 0 Å². The van der Waals surface area contributed by atoms with Gasteiger partial charge in [-0.3, -0.25) is 0 Å². The lowest BCUT2D eigenvalue weighted by Crippen LogP contribution is -2.26. The fourth-order valence-electron chi connectivity index (χ4n) is 1.93. The molecule has 3 nitrogen and oxygen atoms in total. The Hall–Kier alpha value is -1.06. The Morgan fingerprint density at radius 3 is 2.38 bits per heavy atom. The van der Waals surface area contributed by atoms with Crippen molar-refractivity contribution >= 4 is 0 Å². The van der Waals surface area contributed by atoms with Gasteiger partial charge in [-0.2, -0.15) is 0 Å². The van der Waals surface area contributed by atoms with Gasteiger partial charge in [0.05, 0.1) is 7.11 Å². The van der Waals surface area contributed by atoms with Crippen molar-refractivity contribution < 1.29 is 4.74 Å². The topological polar surface area (TPSA) is 38.5 Å². The van der Waals surface area contributed by atoms with Crippen LogP contribution in [-0.2, 0) is 0 Å². The number of likely N-dealkylation sites (N-methyl/N-ethyl adjacent to an activating group) is 1. The van der Waals surface area contributed by atoms with E-state index in [-0.39, 0.29) is 6.04 Å². The van der Waals surface area contributed by atoms with Crippen molar-refractivity contribution in [3.05, 3.63) is 28.8 Å². The summed E-state index contributed by atoms with van der Waals surface area (Å²) >= 11 is 0. The van der Waals surface area contributed by atoms with Gasteiger partial charge in [0.1, 0.15) is 5.75 Å². The van der Waals surface area contributed by atoms with Gasteiger partial charge in [-0.1, -0.05) is 6.07 Å². The summed E-state index contributed by atoms with van der Waals surface area (Å²) in [5, 5.41) is 0. The summed E-state index contributed by atoms with van der Waals surface area (Å²) in [5.74, 6) is 0.929. The molecule has 0 aliphatic heterocycles. The van der Waals surface area contributed by atoms with Gasteiger partial charge in [0, 0.05) is 12.6 Å². The molecule has 0 heterocycles. The van der Waals surface area contributed by atoms with Gasteiger partial charge in [0.2, 0.25) is 0 Å². The molecule has 0 aliphatic rings. The van der Waals surface area contributed by atoms with Gasteiger partial charge in [-0.25, -0.2) is 0 Å². The lowest BCUT2D eigenvalue weighted by atomic mass is 9.97. The van der Waals surface area contributed by atoms with Crippen LogP contribution in [0.4, 0.5) is 0 Å². The zero-order chi connectivity index (χ0) is 12.3. The quantitative estimate of drug-likeness (QED) is 0.845. The van der Waals surface area contributed by atoms with Crippen molar-refractivity contribution in [2.45, 2.75) is 19.9 Å². The Bertz CT molecular complexity index is 361. The third-order valence-electron chi connectivity index (χ3n) is 2.96. The molecular formula is C13H22N2O. The summed E-state index contributed by atoms with van der Waals surface area (Å²) < 4.78 is 5.29. The molecule has 0 saturated heterocycles. The molecule has 0 radical (unpaired) electrons. The van der Waals surface area contributed by atoms with E-state index in [9.17, 15) is 0 Å². The van der Waals surface area contributed by atoms with Gasteiger partial charge in [-0.15, -0.1) is 0 Å². The standard InChI is InChI=1S/C13H22N2O/c1-9-10(2)13(16-5)7-6-11(9)12(14)8-15(3)4/h6-7,12H,8,14H2,1-5H3. The molecule has 1 aromatic rings. The number of ether oxygens (including phenoxy) is 1. The first-order valence-electron chi connectivity index (χ1n) is 5.51. The highest BCUT2D eigenvalue weighted by Gasteiger charge is 2.13. The Kier molecular flexibility index (Phi) is 4.33. The molecule has 1 rings (SSSR count). The van der Waals surface area contributed by atoms with E-state index in [2.05, 4.69) is 24.8 Å². The third-order valence-corrected chi connectivity index (χ3v) is 2.96. The van der Waals surface area contributed by atoms with Crippen LogP contribution in [0, 0.1) is 13.8 Å². The fourth-order valence-corrected chi connectivity index (χ4v) is 1.93. The highest BCUT2D eigenvalue weighted by Crippen LogP contribution is 2.26. The number of nitrogens with zero attached hydrogens (tertiary/aromatic N) is 1. The predicted octanol–water partition coefficient (Wildman–Crippen LogP) is 1.87. The highest BCUT2D eigenvalue weighted by atomic mass is 16.5. The number of benzene rings is 1. The molecule has 3 heteroatoms. The van der Waals surface area contributed by atoms with E-state index in [1.54, 1.807) is 7.11 Å². The second kappa shape index (κ2) is 5.32. The van der Waals surface area contributed by atoms with Crippen LogP contribution in [0.15, 0.2) is 12.1 Å². The van der Waals surface area contributed by atoms with Gasteiger partial charge in [0.15, 0.2) is 0 Å². The van der Waals surface area contributed by atoms with Gasteiger partial charge in [-0.05, 0) is 50.7 Å². The lowest BCUT2D eigenvalue weighted by molar-refractivity contribution is 0.375. The number of nitrogens with two attached hydrogens (primary N) is 1. The molecule has 1 aromatic carbocycles. The Labute approximate surface area is 98.2 Å². The Balaban J connectivity index is 3.02. The molecule has 1 atom stereocenters. The average molecular weight is 222 g/mol. The molecule has 16 heavy (non-hydrogen) atoms. The predicted molar refractivity (Wildman–Crippen MR) is 68.0 cm³/mol. The molecule has 0 bridgehead atoms. The molecule has 0 fully saturated rings. The zero-order valence-electron chi connectivity index (χ0n) is 10.9. The number of rotatable bonds is 4. The second-order valence-corrected chi connectivity index (χ2v) is 4.48. The number of methoxy groups -OCH3 is 1. The van der Waals surface area contributed by atoms with E-state index in [0.717, 1.165) is 12.3 Å². The van der Waals surface area contributed by atoms with Crippen LogP contribution in [0.5, 0.6) is 5.75 Å². The van der Waals surface area contributed by atoms with Crippen molar-refractivity contribution in [3.63, 3.8) is 0 Å². The maximum Gasteiger partial charge on any atom is 0.122 e. The normalized spacial score (nSPS) is 12.9. The maximum atomic E-state index is 6.17. The van der Waals surface area contributed by atoms with Crippen LogP contribution in [0.25, 0.3) is 0 Å². The highest BCUT2D eigenvalue weighted by molar-refractivity contribution is 5.44. The van der Waals surface area contributed by atoms with Gasteiger partial charge in [0.25, 0.3) is 0 Å². The summed E-state index contributed by atoms with van der Waals surface area (Å²) in [6.07, 6.45) is 0. The SMILES string of the molecule is COc1ccc(C(N)CN(C)C)c(C)c1C. The average Bonchev–Trinajstić information content (AvgIpc) is 2.20. The molecule has 0 amide bonds. The number of hydrogen-bond acceptors (Lipinski definition) is 3. The van der Waals surface area contributed by atoms with Gasteiger partial charge < -0.3 is 15.4 Å². The van der Waals surface area contributed by atoms with Crippen LogP contribution < -0.4 is 10.5 Å². The Morgan fingerprint density at radius 1 is 1.25 bits per heavy atom. The number of hydrogen-bond donors (Lipinski definition) is 1. The Morgan fingerprint density at radius 2 is 1.88 bits per heavy atom. The molecule has 90 valence electrons. The minimum absolute atomic E-state index is 0.0552. The van der Waals surface area contributed by atoms with E-state index in [4.69, 9.17) is 10.5 Å². The van der Waals surface area contributed by atoms with Crippen LogP contribution in [-0.4, -0.2) is 32.6 Å². The molecule has 0 saturated carbocycles. The van der Waals surface area contributed by atoms with Gasteiger partial charge >= 0.3 is 0 Å². The maximum absolute atomic E-state index is 6.17. The summed E-state index contributed by atoms with van der Waals surface area (Å²) in [7, 11) is 5.76. The minimum atomic E-state index is 0.0552. The first-order chi connectivity index (χ1) is 7.47. The molecule has 1 unspecified atom stereocenters. The molecule has 0 aromatic heterocycles. The molecular weight excluding hydrogens is 200 g/mol. The fraction of sp³-hybridized carbons (Fsp3) is 0.538. The lowest BCUT2D eigenvalue weighted by Gasteiger charge is -2.21. The van der Waals surface area contributed by atoms with E-state index >= 15 is 0 Å². The second-order valence-electron chi connectivity index (χ2n) is 4.48. The zero-order valence-corrected chi connectivity index (χ0v) is 10.9. The van der Waals surface area contributed by atoms with Crippen LogP contribution in [0.1, 0.15) is 22.7 Å². The summed E-state index contributed by atoms with van der Waals surface area (Å²) in [6, 6.07) is 4.11. The van der Waals surface area contributed by atoms with E-state index in [1.165, 1.54) is 16.7 Å². The smallest absolute Gasteiger partial charge is 0.122 e. The third kappa shape index (κ3) is 2.74. The minimum Gasteiger partial charge on any atom is -0.496 e. The van der Waals surface area contributed by atoms with Crippen molar-refractivity contribution in [1.29, 1.82) is 0 Å². The molecule has 0 aliphatic carbocycles. The van der Waals surface area contributed by atoms with Crippen molar-refractivity contribution in [2.75, 3.05) is 27.7 Å². The molecule has 0 spiro atoms. The summed E-state index contributed by atoms with van der Waals surface area (Å²) in [6.45, 7) is 5.02. The van der Waals surface area contributed by atoms with E-state index < -0.39 is 0 Å². The summed E-state index contributed by atoms with van der Waals surface area (Å²) in [5.41, 5.74) is 9.78.